The van der Waals surface area contributed by atoms with Crippen LogP contribution in [0, 0.1) is 10.8 Å². The molecule has 0 fully saturated rings. The molecular formula is C12H21NOS. The molecular weight excluding hydrogens is 206 g/mol. The molecule has 1 atom stereocenters. The lowest BCUT2D eigenvalue weighted by Gasteiger charge is -2.29. The van der Waals surface area contributed by atoms with Gasteiger partial charge in [-0.15, -0.1) is 0 Å². The van der Waals surface area contributed by atoms with Crippen molar-refractivity contribution in [2.24, 2.45) is 15.2 Å². The second kappa shape index (κ2) is 3.55. The van der Waals surface area contributed by atoms with Gasteiger partial charge >= 0.3 is 0 Å². The van der Waals surface area contributed by atoms with E-state index in [1.807, 2.05) is 6.92 Å². The van der Waals surface area contributed by atoms with E-state index >= 15 is 0 Å². The molecule has 1 aliphatic rings. The maximum Gasteiger partial charge on any atom is 0.168 e. The molecule has 0 saturated heterocycles. The van der Waals surface area contributed by atoms with E-state index in [1.165, 1.54) is 5.57 Å². The van der Waals surface area contributed by atoms with Gasteiger partial charge in [0.25, 0.3) is 0 Å². The molecule has 0 aromatic rings. The molecule has 1 aliphatic heterocycles. The van der Waals surface area contributed by atoms with Gasteiger partial charge in [-0.25, -0.2) is 4.21 Å². The summed E-state index contributed by atoms with van der Waals surface area (Å²) < 4.78 is 16.1. The van der Waals surface area contributed by atoms with Crippen LogP contribution in [0.2, 0.25) is 0 Å². The van der Waals surface area contributed by atoms with Crippen LogP contribution in [0.4, 0.5) is 0 Å². The van der Waals surface area contributed by atoms with E-state index in [4.69, 9.17) is 0 Å². The van der Waals surface area contributed by atoms with Crippen molar-refractivity contribution < 1.29 is 4.21 Å². The van der Waals surface area contributed by atoms with Crippen LogP contribution in [0.25, 0.3) is 0 Å². The van der Waals surface area contributed by atoms with Gasteiger partial charge in [-0.05, 0) is 17.9 Å². The van der Waals surface area contributed by atoms with E-state index in [1.54, 1.807) is 0 Å². The summed E-state index contributed by atoms with van der Waals surface area (Å²) >= 11 is 0. The Kier molecular flexibility index (Phi) is 2.99. The molecule has 1 rings (SSSR count). The first-order valence-electron chi connectivity index (χ1n) is 5.28. The summed E-state index contributed by atoms with van der Waals surface area (Å²) in [5.74, 6) is 0. The van der Waals surface area contributed by atoms with Gasteiger partial charge in [0, 0.05) is 10.3 Å². The predicted molar refractivity (Wildman–Crippen MR) is 67.2 cm³/mol. The van der Waals surface area contributed by atoms with Gasteiger partial charge in [0.05, 0.1) is 5.71 Å². The Morgan fingerprint density at radius 1 is 1.00 bits per heavy atom. The molecule has 1 heterocycles. The summed E-state index contributed by atoms with van der Waals surface area (Å²) in [5, 5.41) is 0. The van der Waals surface area contributed by atoms with E-state index in [9.17, 15) is 4.21 Å². The largest absolute Gasteiger partial charge is 0.230 e. The fraction of sp³-hybridized carbons (Fsp3) is 0.750. The molecule has 0 saturated carbocycles. The topological polar surface area (TPSA) is 29.4 Å². The van der Waals surface area contributed by atoms with E-state index in [2.05, 4.69) is 45.9 Å². The average Bonchev–Trinajstić information content (AvgIpc) is 2.25. The quantitative estimate of drug-likeness (QED) is 0.623. The zero-order chi connectivity index (χ0) is 12.0. The average molecular weight is 227 g/mol. The van der Waals surface area contributed by atoms with Crippen molar-refractivity contribution >= 4 is 16.7 Å². The first-order chi connectivity index (χ1) is 6.55. The fourth-order valence-corrected chi connectivity index (χ4v) is 3.09. The van der Waals surface area contributed by atoms with Gasteiger partial charge in [-0.1, -0.05) is 41.5 Å². The van der Waals surface area contributed by atoms with E-state index < -0.39 is 11.0 Å². The maximum absolute atomic E-state index is 11.8. The minimum atomic E-state index is -1.15. The summed E-state index contributed by atoms with van der Waals surface area (Å²) in [6.07, 6.45) is 0. The molecule has 0 aliphatic carbocycles. The van der Waals surface area contributed by atoms with Crippen LogP contribution < -0.4 is 0 Å². The van der Waals surface area contributed by atoms with Gasteiger partial charge in [0.15, 0.2) is 11.0 Å². The first kappa shape index (κ1) is 12.6. The summed E-state index contributed by atoms with van der Waals surface area (Å²) in [6.45, 7) is 14.7. The Morgan fingerprint density at radius 3 is 1.73 bits per heavy atom. The molecule has 0 aromatic heterocycles. The van der Waals surface area contributed by atoms with Crippen LogP contribution in [0.5, 0.6) is 0 Å². The summed E-state index contributed by atoms with van der Waals surface area (Å²) in [4.78, 5) is 0.924. The number of rotatable bonds is 0. The number of hydrogen-bond acceptors (Lipinski definition) is 1. The molecule has 86 valence electrons. The van der Waals surface area contributed by atoms with Crippen molar-refractivity contribution in [3.05, 3.63) is 10.5 Å². The Bertz CT molecular complexity index is 364. The Hall–Kier alpha value is -0.440. The summed E-state index contributed by atoms with van der Waals surface area (Å²) in [5.41, 5.74) is 2.16. The van der Waals surface area contributed by atoms with Crippen LogP contribution in [0.3, 0.4) is 0 Å². The smallest absolute Gasteiger partial charge is 0.168 e. The third-order valence-corrected chi connectivity index (χ3v) is 3.56. The van der Waals surface area contributed by atoms with E-state index in [0.29, 0.717) is 0 Å². The zero-order valence-electron chi connectivity index (χ0n) is 10.8. The normalized spacial score (nSPS) is 23.4. The Balaban J connectivity index is 3.34. The third-order valence-electron chi connectivity index (χ3n) is 2.49. The van der Waals surface area contributed by atoms with Crippen molar-refractivity contribution in [3.63, 3.8) is 0 Å². The highest BCUT2D eigenvalue weighted by Crippen LogP contribution is 2.40. The highest BCUT2D eigenvalue weighted by atomic mass is 32.2. The van der Waals surface area contributed by atoms with Crippen LogP contribution in [-0.2, 0) is 11.0 Å². The molecule has 0 N–H and O–H groups in total. The predicted octanol–water partition coefficient (Wildman–Crippen LogP) is 3.47. The standard InChI is InChI=1S/C12H21NOS/c1-8-9(11(2,3)4)10(12(5,6)7)13-15(8)14/h1-7H3. The van der Waals surface area contributed by atoms with Crippen molar-refractivity contribution in [2.75, 3.05) is 0 Å². The third kappa shape index (κ3) is 2.39. The van der Waals surface area contributed by atoms with Crippen molar-refractivity contribution in [1.29, 1.82) is 0 Å². The lowest BCUT2D eigenvalue weighted by Crippen LogP contribution is -2.27. The van der Waals surface area contributed by atoms with Crippen LogP contribution >= 0.6 is 0 Å². The van der Waals surface area contributed by atoms with Crippen molar-refractivity contribution in [2.45, 2.75) is 48.5 Å². The molecule has 0 spiro atoms. The number of hydrogen-bond donors (Lipinski definition) is 0. The second-order valence-corrected chi connectivity index (χ2v) is 7.41. The monoisotopic (exact) mass is 227 g/mol. The van der Waals surface area contributed by atoms with Crippen LogP contribution in [0.15, 0.2) is 14.9 Å². The Labute approximate surface area is 95.5 Å². The van der Waals surface area contributed by atoms with Crippen molar-refractivity contribution in [1.82, 2.24) is 0 Å². The molecule has 0 bridgehead atoms. The number of nitrogens with zero attached hydrogens (tertiary/aromatic N) is 1. The van der Waals surface area contributed by atoms with Gasteiger partial charge in [-0.3, -0.25) is 0 Å². The Morgan fingerprint density at radius 2 is 1.47 bits per heavy atom. The van der Waals surface area contributed by atoms with Crippen molar-refractivity contribution in [3.8, 4) is 0 Å². The first-order valence-corrected chi connectivity index (χ1v) is 6.38. The minimum Gasteiger partial charge on any atom is -0.230 e. The lowest BCUT2D eigenvalue weighted by atomic mass is 9.75. The van der Waals surface area contributed by atoms with Gasteiger partial charge in [0.1, 0.15) is 0 Å². The summed E-state index contributed by atoms with van der Waals surface area (Å²) in [7, 11) is -1.15. The zero-order valence-corrected chi connectivity index (χ0v) is 11.6. The highest BCUT2D eigenvalue weighted by Gasteiger charge is 2.36. The molecule has 1 unspecified atom stereocenters. The molecule has 0 radical (unpaired) electrons. The van der Waals surface area contributed by atoms with Gasteiger partial charge in [-0.2, -0.15) is 4.40 Å². The number of allylic oxidation sites excluding steroid dienone is 2. The molecule has 3 heteroatoms. The molecule has 15 heavy (non-hydrogen) atoms. The van der Waals surface area contributed by atoms with Gasteiger partial charge in [0.2, 0.25) is 0 Å². The maximum atomic E-state index is 11.8. The minimum absolute atomic E-state index is 0.0162. The molecule has 0 aromatic carbocycles. The van der Waals surface area contributed by atoms with Crippen LogP contribution in [-0.4, -0.2) is 9.92 Å². The molecule has 0 amide bonds. The summed E-state index contributed by atoms with van der Waals surface area (Å²) in [6, 6.07) is 0. The van der Waals surface area contributed by atoms with Crippen LogP contribution in [0.1, 0.15) is 48.5 Å². The van der Waals surface area contributed by atoms with Gasteiger partial charge < -0.3 is 0 Å². The SMILES string of the molecule is CC1=C(C(C)(C)C)C(C(C)(C)C)=NS1=O. The second-order valence-electron chi connectivity index (χ2n) is 6.12. The fourth-order valence-electron chi connectivity index (χ4n) is 1.85. The lowest BCUT2D eigenvalue weighted by molar-refractivity contribution is 0.501. The molecule has 2 nitrogen and oxygen atoms in total. The van der Waals surface area contributed by atoms with E-state index in [-0.39, 0.29) is 10.8 Å². The highest BCUT2D eigenvalue weighted by molar-refractivity contribution is 7.88. The van der Waals surface area contributed by atoms with E-state index in [0.717, 1.165) is 10.6 Å².